The highest BCUT2D eigenvalue weighted by Crippen LogP contribution is 2.40. The van der Waals surface area contributed by atoms with Crippen LogP contribution in [0, 0.1) is 0 Å². The Morgan fingerprint density at radius 3 is 2.41 bits per heavy atom. The van der Waals surface area contributed by atoms with Crippen molar-refractivity contribution in [3.05, 3.63) is 45.9 Å². The molecule has 7 heteroatoms. The number of rotatable bonds is 6. The predicted octanol–water partition coefficient (Wildman–Crippen LogP) is 3.63. The van der Waals surface area contributed by atoms with Crippen molar-refractivity contribution < 1.29 is 13.2 Å². The van der Waals surface area contributed by atoms with Crippen molar-refractivity contribution in [2.75, 3.05) is 6.26 Å². The van der Waals surface area contributed by atoms with Crippen molar-refractivity contribution in [2.45, 2.75) is 62.3 Å². The second-order valence-corrected chi connectivity index (χ2v) is 10.2. The van der Waals surface area contributed by atoms with Crippen LogP contribution >= 0.6 is 11.3 Å². The zero-order valence-corrected chi connectivity index (χ0v) is 17.5. The van der Waals surface area contributed by atoms with Gasteiger partial charge in [0.1, 0.15) is 5.01 Å². The van der Waals surface area contributed by atoms with Gasteiger partial charge in [0.2, 0.25) is 5.91 Å². The molecule has 2 aromatic rings. The highest BCUT2D eigenvalue weighted by Gasteiger charge is 2.41. The monoisotopic (exact) mass is 406 g/mol. The third kappa shape index (κ3) is 4.41. The first-order valence-electron chi connectivity index (χ1n) is 9.37. The third-order valence-electron chi connectivity index (χ3n) is 5.34. The number of carbonyl (C=O) groups is 1. The molecule has 1 aromatic carbocycles. The van der Waals surface area contributed by atoms with E-state index < -0.39 is 15.3 Å². The number of aryl methyl sites for hydroxylation is 1. The van der Waals surface area contributed by atoms with Crippen LogP contribution in [0.3, 0.4) is 0 Å². The van der Waals surface area contributed by atoms with Gasteiger partial charge in [-0.15, -0.1) is 11.3 Å². The topological polar surface area (TPSA) is 76.1 Å². The number of carbonyl (C=O) groups excluding carboxylic acids is 1. The zero-order valence-electron chi connectivity index (χ0n) is 15.8. The molecule has 1 N–H and O–H groups in total. The number of nitrogens with zero attached hydrogens (tertiary/aromatic N) is 1. The van der Waals surface area contributed by atoms with E-state index >= 15 is 0 Å². The highest BCUT2D eigenvalue weighted by molar-refractivity contribution is 7.90. The van der Waals surface area contributed by atoms with Gasteiger partial charge in [0.25, 0.3) is 0 Å². The van der Waals surface area contributed by atoms with Gasteiger partial charge in [-0.25, -0.2) is 13.4 Å². The highest BCUT2D eigenvalue weighted by atomic mass is 32.2. The lowest BCUT2D eigenvalue weighted by Gasteiger charge is -2.36. The first-order chi connectivity index (χ1) is 12.8. The Kier molecular flexibility index (Phi) is 6.01. The summed E-state index contributed by atoms with van der Waals surface area (Å²) >= 11 is 1.57. The number of hydrogen-bond donors (Lipinski definition) is 1. The summed E-state index contributed by atoms with van der Waals surface area (Å²) in [4.78, 5) is 18.0. The molecule has 1 fully saturated rings. The van der Waals surface area contributed by atoms with Gasteiger partial charge >= 0.3 is 0 Å². The van der Waals surface area contributed by atoms with Crippen molar-refractivity contribution >= 4 is 27.1 Å². The quantitative estimate of drug-likeness (QED) is 0.795. The minimum absolute atomic E-state index is 0.0163. The molecule has 1 amide bonds. The summed E-state index contributed by atoms with van der Waals surface area (Å²) in [7, 11) is -3.24. The fraction of sp³-hybridized carbons (Fsp3) is 0.500. The van der Waals surface area contributed by atoms with Gasteiger partial charge in [-0.3, -0.25) is 4.79 Å². The lowest BCUT2D eigenvalue weighted by molar-refractivity contribution is -0.128. The molecule has 146 valence electrons. The van der Waals surface area contributed by atoms with E-state index in [1.54, 1.807) is 35.6 Å². The van der Waals surface area contributed by atoms with Crippen LogP contribution in [-0.4, -0.2) is 25.6 Å². The van der Waals surface area contributed by atoms with Crippen LogP contribution in [-0.2, 0) is 33.0 Å². The minimum Gasteiger partial charge on any atom is -0.349 e. The second kappa shape index (κ2) is 8.10. The van der Waals surface area contributed by atoms with E-state index in [0.717, 1.165) is 54.8 Å². The van der Waals surface area contributed by atoms with Gasteiger partial charge < -0.3 is 5.32 Å². The molecular weight excluding hydrogens is 380 g/mol. The van der Waals surface area contributed by atoms with Crippen LogP contribution in [0.25, 0.3) is 0 Å². The van der Waals surface area contributed by atoms with E-state index in [2.05, 4.69) is 17.2 Å². The number of aromatic nitrogens is 1. The van der Waals surface area contributed by atoms with Gasteiger partial charge in [0, 0.05) is 11.6 Å². The van der Waals surface area contributed by atoms with Crippen LogP contribution in [0.4, 0.5) is 0 Å². The van der Waals surface area contributed by atoms with Crippen LogP contribution in [0.2, 0.25) is 0 Å². The minimum atomic E-state index is -3.24. The van der Waals surface area contributed by atoms with Gasteiger partial charge in [-0.05, 0) is 37.0 Å². The Bertz CT molecular complexity index is 896. The third-order valence-corrected chi connectivity index (χ3v) is 7.36. The molecule has 0 saturated heterocycles. The fourth-order valence-corrected chi connectivity index (χ4v) is 5.19. The summed E-state index contributed by atoms with van der Waals surface area (Å²) in [5, 5.41) is 6.03. The molecule has 1 saturated carbocycles. The van der Waals surface area contributed by atoms with E-state index in [1.807, 2.05) is 5.38 Å². The summed E-state index contributed by atoms with van der Waals surface area (Å²) in [5.74, 6) is 0.0163. The number of thiazole rings is 1. The molecule has 0 atom stereocenters. The Morgan fingerprint density at radius 2 is 1.85 bits per heavy atom. The van der Waals surface area contributed by atoms with E-state index in [9.17, 15) is 13.2 Å². The molecule has 1 aliphatic rings. The molecular formula is C20H26N2O3S2. The Balaban J connectivity index is 1.82. The fourth-order valence-electron chi connectivity index (χ4n) is 3.74. The number of benzene rings is 1. The molecule has 1 aromatic heterocycles. The Hall–Kier alpha value is -1.73. The summed E-state index contributed by atoms with van der Waals surface area (Å²) in [6, 6.07) is 6.84. The number of amides is 1. The summed E-state index contributed by atoms with van der Waals surface area (Å²) < 4.78 is 23.5. The molecule has 1 aliphatic carbocycles. The van der Waals surface area contributed by atoms with Crippen LogP contribution in [0.1, 0.15) is 55.3 Å². The zero-order chi connectivity index (χ0) is 19.5. The van der Waals surface area contributed by atoms with Crippen LogP contribution in [0.5, 0.6) is 0 Å². The maximum atomic E-state index is 13.2. The van der Waals surface area contributed by atoms with Crippen molar-refractivity contribution in [2.24, 2.45) is 0 Å². The van der Waals surface area contributed by atoms with E-state index in [-0.39, 0.29) is 10.8 Å². The van der Waals surface area contributed by atoms with Crippen molar-refractivity contribution in [3.8, 4) is 0 Å². The molecule has 0 unspecified atom stereocenters. The molecule has 1 heterocycles. The maximum absolute atomic E-state index is 13.2. The Labute approximate surface area is 165 Å². The predicted molar refractivity (Wildman–Crippen MR) is 108 cm³/mol. The summed E-state index contributed by atoms with van der Waals surface area (Å²) in [5.41, 5.74) is 1.37. The summed E-state index contributed by atoms with van der Waals surface area (Å²) in [6.07, 6.45) is 6.79. The molecule has 0 aliphatic heterocycles. The first-order valence-corrected chi connectivity index (χ1v) is 12.1. The van der Waals surface area contributed by atoms with Crippen molar-refractivity contribution in [1.82, 2.24) is 10.3 Å². The van der Waals surface area contributed by atoms with Crippen molar-refractivity contribution in [1.29, 1.82) is 0 Å². The van der Waals surface area contributed by atoms with E-state index in [4.69, 9.17) is 0 Å². The number of nitrogens with one attached hydrogen (secondary N) is 1. The molecule has 0 bridgehead atoms. The average molecular weight is 407 g/mol. The standard InChI is InChI=1S/C20H26N2O3S2/c1-3-16-14-26-18(22-16)13-21-19(23)20(11-5-4-6-12-20)15-7-9-17(10-8-15)27(2,24)25/h7-10,14H,3-6,11-13H2,1-2H3,(H,21,23). The summed E-state index contributed by atoms with van der Waals surface area (Å²) in [6.45, 7) is 2.50. The van der Waals surface area contributed by atoms with Crippen LogP contribution in [0.15, 0.2) is 34.5 Å². The lowest BCUT2D eigenvalue weighted by Crippen LogP contribution is -2.45. The molecule has 27 heavy (non-hydrogen) atoms. The molecule has 0 radical (unpaired) electrons. The van der Waals surface area contributed by atoms with E-state index in [1.165, 1.54) is 6.26 Å². The Morgan fingerprint density at radius 1 is 1.19 bits per heavy atom. The molecule has 5 nitrogen and oxygen atoms in total. The largest absolute Gasteiger partial charge is 0.349 e. The molecule has 3 rings (SSSR count). The molecule has 0 spiro atoms. The van der Waals surface area contributed by atoms with Gasteiger partial charge in [-0.2, -0.15) is 0 Å². The lowest BCUT2D eigenvalue weighted by atomic mass is 9.68. The van der Waals surface area contributed by atoms with Crippen LogP contribution < -0.4 is 5.32 Å². The normalized spacial score (nSPS) is 16.8. The number of sulfone groups is 1. The first kappa shape index (κ1) is 20.0. The SMILES string of the molecule is CCc1csc(CNC(=O)C2(c3ccc(S(C)(=O)=O)cc3)CCCCC2)n1. The van der Waals surface area contributed by atoms with Crippen molar-refractivity contribution in [3.63, 3.8) is 0 Å². The maximum Gasteiger partial charge on any atom is 0.231 e. The van der Waals surface area contributed by atoms with Gasteiger partial charge in [0.05, 0.1) is 22.5 Å². The average Bonchev–Trinajstić information content (AvgIpc) is 3.14. The van der Waals surface area contributed by atoms with Gasteiger partial charge in [-0.1, -0.05) is 38.3 Å². The number of hydrogen-bond acceptors (Lipinski definition) is 5. The smallest absolute Gasteiger partial charge is 0.231 e. The second-order valence-electron chi connectivity index (χ2n) is 7.21. The van der Waals surface area contributed by atoms with E-state index in [0.29, 0.717) is 6.54 Å². The van der Waals surface area contributed by atoms with Gasteiger partial charge in [0.15, 0.2) is 9.84 Å².